The first-order valence-corrected chi connectivity index (χ1v) is 10.0. The molecule has 5 nitrogen and oxygen atoms in total. The fraction of sp³-hybridized carbons (Fsp3) is 0.286. The van der Waals surface area contributed by atoms with Gasteiger partial charge in [0.25, 0.3) is 5.91 Å². The Balaban J connectivity index is 1.34. The number of hydrogen-bond acceptors (Lipinski definition) is 5. The number of benzene rings is 1. The zero-order valence-electron chi connectivity index (χ0n) is 15.1. The lowest BCUT2D eigenvalue weighted by atomic mass is 9.97. The molecular weight excluding hydrogens is 379 g/mol. The molecule has 1 aromatic carbocycles. The van der Waals surface area contributed by atoms with E-state index in [1.807, 2.05) is 17.5 Å². The molecule has 0 atom stereocenters. The highest BCUT2D eigenvalue weighted by atomic mass is 32.1. The average Bonchev–Trinajstić information content (AvgIpc) is 3.28. The van der Waals surface area contributed by atoms with Crippen LogP contribution >= 0.6 is 11.3 Å². The van der Waals surface area contributed by atoms with E-state index in [1.54, 1.807) is 29.3 Å². The summed E-state index contributed by atoms with van der Waals surface area (Å²) in [5, 5.41) is 2.29. The molecule has 0 unspecified atom stereocenters. The first-order chi connectivity index (χ1) is 13.6. The molecule has 0 bridgehead atoms. The Morgan fingerprint density at radius 3 is 2.75 bits per heavy atom. The highest BCUT2D eigenvalue weighted by molar-refractivity contribution is 7.12. The molecule has 4 rings (SSSR count). The van der Waals surface area contributed by atoms with Crippen LogP contribution in [0.1, 0.15) is 28.1 Å². The van der Waals surface area contributed by atoms with Gasteiger partial charge in [0, 0.05) is 30.2 Å². The van der Waals surface area contributed by atoms with E-state index in [4.69, 9.17) is 4.74 Å². The molecule has 3 aromatic rings. The molecular formula is C21H19FN2O3S. The quantitative estimate of drug-likeness (QED) is 0.623. The first-order valence-electron chi connectivity index (χ1n) is 9.15. The van der Waals surface area contributed by atoms with Crippen molar-refractivity contribution >= 4 is 34.1 Å². The molecule has 28 heavy (non-hydrogen) atoms. The van der Waals surface area contributed by atoms with Crippen LogP contribution in [0, 0.1) is 11.7 Å². The lowest BCUT2D eigenvalue weighted by Crippen LogP contribution is -2.40. The highest BCUT2D eigenvalue weighted by Crippen LogP contribution is 2.24. The van der Waals surface area contributed by atoms with Gasteiger partial charge in [-0.25, -0.2) is 4.39 Å². The van der Waals surface area contributed by atoms with Crippen LogP contribution in [0.4, 0.5) is 4.39 Å². The number of ether oxygens (including phenoxy) is 1. The number of rotatable bonds is 4. The number of carbonyl (C=O) groups is 2. The lowest BCUT2D eigenvalue weighted by molar-refractivity contribution is -0.151. The van der Waals surface area contributed by atoms with E-state index < -0.39 is 0 Å². The number of carbonyl (C=O) groups excluding carboxylic acids is 2. The van der Waals surface area contributed by atoms with Gasteiger partial charge in [-0.2, -0.15) is 0 Å². The molecule has 1 amide bonds. The molecule has 0 N–H and O–H groups in total. The highest BCUT2D eigenvalue weighted by Gasteiger charge is 2.29. The summed E-state index contributed by atoms with van der Waals surface area (Å²) in [5.41, 5.74) is 1.18. The summed E-state index contributed by atoms with van der Waals surface area (Å²) in [6.45, 7) is 1.13. The SMILES string of the molecule is O=C(OCc1ccc(F)c2cccnc12)C1CCN(C(=O)c2cccs2)CC1. The lowest BCUT2D eigenvalue weighted by Gasteiger charge is -2.30. The molecule has 0 radical (unpaired) electrons. The number of aromatic nitrogens is 1. The Morgan fingerprint density at radius 1 is 1.18 bits per heavy atom. The van der Waals surface area contributed by atoms with E-state index in [1.165, 1.54) is 17.4 Å². The zero-order valence-corrected chi connectivity index (χ0v) is 16.0. The standard InChI is InChI=1S/C21H19FN2O3S/c22-17-6-5-15(19-16(17)3-1-9-23-19)13-27-21(26)14-7-10-24(11-8-14)20(25)18-4-2-12-28-18/h1-6,9,12,14H,7-8,10-11,13H2. The normalized spacial score (nSPS) is 15.0. The monoisotopic (exact) mass is 398 g/mol. The molecule has 3 heterocycles. The van der Waals surface area contributed by atoms with E-state index in [2.05, 4.69) is 4.98 Å². The summed E-state index contributed by atoms with van der Waals surface area (Å²) < 4.78 is 19.4. The number of amides is 1. The maximum atomic E-state index is 13.9. The van der Waals surface area contributed by atoms with Crippen molar-refractivity contribution in [2.45, 2.75) is 19.4 Å². The Bertz CT molecular complexity index is 998. The van der Waals surface area contributed by atoms with Gasteiger partial charge in [0.05, 0.1) is 16.3 Å². The smallest absolute Gasteiger partial charge is 0.309 e. The number of esters is 1. The number of fused-ring (bicyclic) bond motifs is 1. The van der Waals surface area contributed by atoms with Crippen molar-refractivity contribution in [2.75, 3.05) is 13.1 Å². The Morgan fingerprint density at radius 2 is 2.00 bits per heavy atom. The third-order valence-corrected chi connectivity index (χ3v) is 5.88. The third-order valence-electron chi connectivity index (χ3n) is 5.02. The second-order valence-corrected chi connectivity index (χ2v) is 7.71. The first kappa shape index (κ1) is 18.6. The molecule has 7 heteroatoms. The third kappa shape index (κ3) is 3.75. The fourth-order valence-corrected chi connectivity index (χ4v) is 4.14. The van der Waals surface area contributed by atoms with Crippen molar-refractivity contribution in [1.82, 2.24) is 9.88 Å². The number of pyridine rings is 1. The zero-order chi connectivity index (χ0) is 19.5. The number of halogens is 1. The predicted molar refractivity (Wildman–Crippen MR) is 104 cm³/mol. The van der Waals surface area contributed by atoms with E-state index >= 15 is 0 Å². The second-order valence-electron chi connectivity index (χ2n) is 6.76. The number of likely N-dealkylation sites (tertiary alicyclic amines) is 1. The Kier molecular flexibility index (Phi) is 5.34. The molecule has 1 aliphatic heterocycles. The second kappa shape index (κ2) is 8.06. The van der Waals surface area contributed by atoms with Crippen LogP contribution in [-0.2, 0) is 16.1 Å². The summed E-state index contributed by atoms with van der Waals surface area (Å²) >= 11 is 1.42. The Labute approximate surface area is 165 Å². The number of thiophene rings is 1. The van der Waals surface area contributed by atoms with Crippen molar-refractivity contribution in [3.63, 3.8) is 0 Å². The average molecular weight is 398 g/mol. The van der Waals surface area contributed by atoms with Gasteiger partial charge in [-0.15, -0.1) is 11.3 Å². The minimum absolute atomic E-state index is 0.0191. The largest absolute Gasteiger partial charge is 0.461 e. The summed E-state index contributed by atoms with van der Waals surface area (Å²) in [6, 6.07) is 9.96. The van der Waals surface area contributed by atoms with Crippen LogP contribution in [0.5, 0.6) is 0 Å². The van der Waals surface area contributed by atoms with Crippen molar-refractivity contribution in [2.24, 2.45) is 5.92 Å². The molecule has 2 aromatic heterocycles. The van der Waals surface area contributed by atoms with Crippen LogP contribution in [0.3, 0.4) is 0 Å². The number of hydrogen-bond donors (Lipinski definition) is 0. The van der Waals surface area contributed by atoms with Crippen molar-refractivity contribution in [3.05, 3.63) is 64.2 Å². The minimum Gasteiger partial charge on any atom is -0.461 e. The molecule has 1 saturated heterocycles. The molecule has 0 spiro atoms. The molecule has 1 aliphatic rings. The Hall–Kier alpha value is -2.80. The molecule has 144 valence electrons. The van der Waals surface area contributed by atoms with Gasteiger partial charge in [-0.1, -0.05) is 12.1 Å². The maximum Gasteiger partial charge on any atom is 0.309 e. The summed E-state index contributed by atoms with van der Waals surface area (Å²) in [6.07, 6.45) is 2.75. The van der Waals surface area contributed by atoms with Crippen LogP contribution < -0.4 is 0 Å². The van der Waals surface area contributed by atoms with Crippen molar-refractivity contribution in [1.29, 1.82) is 0 Å². The van der Waals surface area contributed by atoms with Gasteiger partial charge in [0.2, 0.25) is 0 Å². The van der Waals surface area contributed by atoms with Gasteiger partial charge >= 0.3 is 5.97 Å². The molecule has 0 saturated carbocycles. The van der Waals surface area contributed by atoms with Crippen LogP contribution in [-0.4, -0.2) is 34.8 Å². The molecule has 1 fully saturated rings. The van der Waals surface area contributed by atoms with Crippen LogP contribution in [0.2, 0.25) is 0 Å². The van der Waals surface area contributed by atoms with Gasteiger partial charge < -0.3 is 9.64 Å². The maximum absolute atomic E-state index is 13.9. The van der Waals surface area contributed by atoms with Gasteiger partial charge in [-0.3, -0.25) is 14.6 Å². The van der Waals surface area contributed by atoms with Crippen LogP contribution in [0.15, 0.2) is 48.0 Å². The summed E-state index contributed by atoms with van der Waals surface area (Å²) in [7, 11) is 0. The van der Waals surface area contributed by atoms with Crippen molar-refractivity contribution in [3.8, 4) is 0 Å². The van der Waals surface area contributed by atoms with Gasteiger partial charge in [0.15, 0.2) is 0 Å². The van der Waals surface area contributed by atoms with E-state index in [0.29, 0.717) is 42.4 Å². The van der Waals surface area contributed by atoms with E-state index in [-0.39, 0.29) is 30.2 Å². The fourth-order valence-electron chi connectivity index (χ4n) is 3.45. The number of piperidine rings is 1. The van der Waals surface area contributed by atoms with Gasteiger partial charge in [-0.05, 0) is 42.5 Å². The topological polar surface area (TPSA) is 59.5 Å². The minimum atomic E-state index is -0.346. The molecule has 0 aliphatic carbocycles. The van der Waals surface area contributed by atoms with Crippen molar-refractivity contribution < 1.29 is 18.7 Å². The number of nitrogens with zero attached hydrogens (tertiary/aromatic N) is 2. The predicted octanol–water partition coefficient (Wildman–Crippen LogP) is 4.03. The summed E-state index contributed by atoms with van der Waals surface area (Å²) in [4.78, 5) is 31.6. The van der Waals surface area contributed by atoms with Crippen LogP contribution in [0.25, 0.3) is 10.9 Å². The summed E-state index contributed by atoms with van der Waals surface area (Å²) in [5.74, 6) is -0.838. The van der Waals surface area contributed by atoms with Gasteiger partial charge in [0.1, 0.15) is 12.4 Å². The van der Waals surface area contributed by atoms with E-state index in [9.17, 15) is 14.0 Å². The van der Waals surface area contributed by atoms with E-state index in [0.717, 1.165) is 4.88 Å².